The standard InChI is InChI=1S/C8H16N2O4/c9-3-1-5(11)7(8(13)14)10-4-2-6(10)12/h5-7,11-12H,1-4,9H2,(H,13,14). The predicted molar refractivity (Wildman–Crippen MR) is 48.4 cm³/mol. The second kappa shape index (κ2) is 4.70. The zero-order chi connectivity index (χ0) is 10.7. The summed E-state index contributed by atoms with van der Waals surface area (Å²) in [4.78, 5) is 12.2. The van der Waals surface area contributed by atoms with Crippen LogP contribution in [-0.4, -0.2) is 57.7 Å². The van der Waals surface area contributed by atoms with Crippen LogP contribution in [0.5, 0.6) is 0 Å². The van der Waals surface area contributed by atoms with Crippen LogP contribution in [0.4, 0.5) is 0 Å². The number of nitrogens with two attached hydrogens (primary N) is 1. The van der Waals surface area contributed by atoms with Crippen molar-refractivity contribution in [3.8, 4) is 0 Å². The predicted octanol–water partition coefficient (Wildman–Crippen LogP) is -1.83. The molecule has 1 aliphatic rings. The quantitative estimate of drug-likeness (QED) is 0.420. The molecule has 6 heteroatoms. The zero-order valence-corrected chi connectivity index (χ0v) is 7.83. The Morgan fingerprint density at radius 1 is 1.64 bits per heavy atom. The van der Waals surface area contributed by atoms with Gasteiger partial charge in [-0.2, -0.15) is 0 Å². The highest BCUT2D eigenvalue weighted by Crippen LogP contribution is 2.21. The van der Waals surface area contributed by atoms with Crippen molar-refractivity contribution in [2.45, 2.75) is 31.2 Å². The van der Waals surface area contributed by atoms with E-state index in [0.717, 1.165) is 0 Å². The van der Waals surface area contributed by atoms with Gasteiger partial charge in [0.2, 0.25) is 0 Å². The molecule has 5 N–H and O–H groups in total. The van der Waals surface area contributed by atoms with Crippen molar-refractivity contribution in [1.29, 1.82) is 0 Å². The second-order valence-corrected chi connectivity index (χ2v) is 3.43. The molecule has 0 spiro atoms. The number of hydrogen-bond donors (Lipinski definition) is 4. The van der Waals surface area contributed by atoms with Gasteiger partial charge in [-0.05, 0) is 19.4 Å². The van der Waals surface area contributed by atoms with Crippen LogP contribution in [0.15, 0.2) is 0 Å². The van der Waals surface area contributed by atoms with E-state index in [0.29, 0.717) is 13.0 Å². The van der Waals surface area contributed by atoms with Crippen LogP contribution in [0.25, 0.3) is 0 Å². The maximum atomic E-state index is 10.8. The monoisotopic (exact) mass is 204 g/mol. The molecule has 0 aromatic carbocycles. The summed E-state index contributed by atoms with van der Waals surface area (Å²) < 4.78 is 0. The topological polar surface area (TPSA) is 107 Å². The summed E-state index contributed by atoms with van der Waals surface area (Å²) in [7, 11) is 0. The van der Waals surface area contributed by atoms with Gasteiger partial charge in [0, 0.05) is 6.54 Å². The van der Waals surface area contributed by atoms with Gasteiger partial charge >= 0.3 is 5.97 Å². The average molecular weight is 204 g/mol. The number of rotatable bonds is 5. The number of likely N-dealkylation sites (tertiary alicyclic amines) is 1. The number of aliphatic carboxylic acids is 1. The third kappa shape index (κ3) is 2.21. The van der Waals surface area contributed by atoms with Crippen LogP contribution >= 0.6 is 0 Å². The molecule has 82 valence electrons. The van der Waals surface area contributed by atoms with Crippen molar-refractivity contribution >= 4 is 5.97 Å². The molecule has 1 saturated heterocycles. The summed E-state index contributed by atoms with van der Waals surface area (Å²) in [6.07, 6.45) is -0.991. The first-order chi connectivity index (χ1) is 6.57. The molecular formula is C8H16N2O4. The van der Waals surface area contributed by atoms with Crippen LogP contribution in [0.2, 0.25) is 0 Å². The fourth-order valence-corrected chi connectivity index (χ4v) is 1.57. The average Bonchev–Trinajstić information content (AvgIpc) is 2.11. The first kappa shape index (κ1) is 11.4. The first-order valence-electron chi connectivity index (χ1n) is 4.62. The van der Waals surface area contributed by atoms with Gasteiger partial charge in [-0.15, -0.1) is 0 Å². The van der Waals surface area contributed by atoms with Crippen LogP contribution in [0.3, 0.4) is 0 Å². The number of aliphatic hydroxyl groups excluding tert-OH is 2. The molecule has 0 aliphatic carbocycles. The van der Waals surface area contributed by atoms with Gasteiger partial charge < -0.3 is 21.1 Å². The first-order valence-corrected chi connectivity index (χ1v) is 4.62. The van der Waals surface area contributed by atoms with Gasteiger partial charge in [0.25, 0.3) is 0 Å². The molecule has 3 atom stereocenters. The van der Waals surface area contributed by atoms with E-state index in [1.54, 1.807) is 0 Å². The lowest BCUT2D eigenvalue weighted by Gasteiger charge is -2.42. The van der Waals surface area contributed by atoms with Crippen LogP contribution in [0, 0.1) is 0 Å². The Labute approximate surface area is 81.9 Å². The third-order valence-electron chi connectivity index (χ3n) is 2.47. The van der Waals surface area contributed by atoms with E-state index >= 15 is 0 Å². The van der Waals surface area contributed by atoms with Gasteiger partial charge in [0.1, 0.15) is 12.3 Å². The fourth-order valence-electron chi connectivity index (χ4n) is 1.57. The van der Waals surface area contributed by atoms with Crippen molar-refractivity contribution in [2.75, 3.05) is 13.1 Å². The molecule has 3 unspecified atom stereocenters. The number of nitrogens with zero attached hydrogens (tertiary/aromatic N) is 1. The van der Waals surface area contributed by atoms with Crippen molar-refractivity contribution in [3.05, 3.63) is 0 Å². The zero-order valence-electron chi connectivity index (χ0n) is 7.83. The normalized spacial score (nSPS) is 26.6. The van der Waals surface area contributed by atoms with Crippen LogP contribution in [0.1, 0.15) is 12.8 Å². The Balaban J connectivity index is 2.59. The highest BCUT2D eigenvalue weighted by atomic mass is 16.4. The van der Waals surface area contributed by atoms with Gasteiger partial charge in [-0.3, -0.25) is 9.69 Å². The van der Waals surface area contributed by atoms with Gasteiger partial charge in [0.05, 0.1) is 6.10 Å². The molecule has 6 nitrogen and oxygen atoms in total. The number of aliphatic hydroxyl groups is 2. The number of carbonyl (C=O) groups is 1. The Hall–Kier alpha value is -0.690. The van der Waals surface area contributed by atoms with E-state index in [4.69, 9.17) is 10.8 Å². The molecule has 0 aromatic heterocycles. The molecule has 0 aromatic rings. The van der Waals surface area contributed by atoms with E-state index in [1.807, 2.05) is 0 Å². The molecule has 1 fully saturated rings. The molecule has 1 rings (SSSR count). The van der Waals surface area contributed by atoms with Crippen molar-refractivity contribution < 1.29 is 20.1 Å². The molecule has 0 saturated carbocycles. The Kier molecular flexibility index (Phi) is 3.82. The SMILES string of the molecule is NCCC(O)C(C(=O)O)N1CCC1O. The molecule has 1 heterocycles. The Bertz CT molecular complexity index is 212. The summed E-state index contributed by atoms with van der Waals surface area (Å²) in [5.41, 5.74) is 5.23. The van der Waals surface area contributed by atoms with E-state index in [2.05, 4.69) is 0 Å². The summed E-state index contributed by atoms with van der Waals surface area (Å²) in [6, 6.07) is -1.04. The summed E-state index contributed by atoms with van der Waals surface area (Å²) >= 11 is 0. The largest absolute Gasteiger partial charge is 0.480 e. The molecular weight excluding hydrogens is 188 g/mol. The maximum absolute atomic E-state index is 10.8. The van der Waals surface area contributed by atoms with Crippen molar-refractivity contribution in [3.63, 3.8) is 0 Å². The summed E-state index contributed by atoms with van der Waals surface area (Å²) in [5.74, 6) is -1.12. The molecule has 0 amide bonds. The van der Waals surface area contributed by atoms with E-state index in [9.17, 15) is 15.0 Å². The third-order valence-corrected chi connectivity index (χ3v) is 2.47. The van der Waals surface area contributed by atoms with Crippen molar-refractivity contribution in [2.24, 2.45) is 5.73 Å². The molecule has 0 bridgehead atoms. The number of carboxylic acid groups (broad SMARTS) is 1. The van der Waals surface area contributed by atoms with Gasteiger partial charge in [0.15, 0.2) is 0 Å². The van der Waals surface area contributed by atoms with Crippen LogP contribution in [-0.2, 0) is 4.79 Å². The molecule has 0 radical (unpaired) electrons. The Morgan fingerprint density at radius 2 is 2.29 bits per heavy atom. The smallest absolute Gasteiger partial charge is 0.323 e. The van der Waals surface area contributed by atoms with E-state index in [-0.39, 0.29) is 13.0 Å². The minimum atomic E-state index is -1.12. The minimum absolute atomic E-state index is 0.222. The van der Waals surface area contributed by atoms with Crippen LogP contribution < -0.4 is 5.73 Å². The highest BCUT2D eigenvalue weighted by molar-refractivity contribution is 5.74. The number of hydrogen-bond acceptors (Lipinski definition) is 5. The molecule has 1 aliphatic heterocycles. The van der Waals surface area contributed by atoms with E-state index in [1.165, 1.54) is 4.90 Å². The van der Waals surface area contributed by atoms with Crippen molar-refractivity contribution in [1.82, 2.24) is 4.90 Å². The Morgan fingerprint density at radius 3 is 2.57 bits per heavy atom. The maximum Gasteiger partial charge on any atom is 0.323 e. The summed E-state index contributed by atoms with van der Waals surface area (Å²) in [6.45, 7) is 0.731. The number of carboxylic acids is 1. The lowest BCUT2D eigenvalue weighted by atomic mass is 10.0. The lowest BCUT2D eigenvalue weighted by molar-refractivity contribution is -0.169. The highest BCUT2D eigenvalue weighted by Gasteiger charge is 2.40. The summed E-state index contributed by atoms with van der Waals surface area (Å²) in [5, 5.41) is 27.7. The second-order valence-electron chi connectivity index (χ2n) is 3.43. The fraction of sp³-hybridized carbons (Fsp3) is 0.875. The van der Waals surface area contributed by atoms with E-state index < -0.39 is 24.3 Å². The van der Waals surface area contributed by atoms with Gasteiger partial charge in [-0.1, -0.05) is 0 Å². The van der Waals surface area contributed by atoms with Gasteiger partial charge in [-0.25, -0.2) is 0 Å². The molecule has 14 heavy (non-hydrogen) atoms. The lowest BCUT2D eigenvalue weighted by Crippen LogP contribution is -2.60. The minimum Gasteiger partial charge on any atom is -0.480 e.